The number of phenolic OH excluding ortho intramolecular Hbond substituents is 1. The van der Waals surface area contributed by atoms with Crippen LogP contribution in [0.2, 0.25) is 10.0 Å². The van der Waals surface area contributed by atoms with Crippen LogP contribution in [0, 0.1) is 0 Å². The highest BCUT2D eigenvalue weighted by molar-refractivity contribution is 7.99. The van der Waals surface area contributed by atoms with Crippen LogP contribution in [-0.4, -0.2) is 23.0 Å². The van der Waals surface area contributed by atoms with Crippen molar-refractivity contribution in [2.75, 3.05) is 5.75 Å². The Morgan fingerprint density at radius 3 is 2.74 bits per heavy atom. The van der Waals surface area contributed by atoms with Crippen LogP contribution in [0.5, 0.6) is 5.75 Å². The van der Waals surface area contributed by atoms with Crippen LogP contribution < -0.4 is 5.43 Å². The van der Waals surface area contributed by atoms with E-state index in [1.807, 2.05) is 30.3 Å². The summed E-state index contributed by atoms with van der Waals surface area (Å²) in [6.07, 6.45) is 1.30. The first kappa shape index (κ1) is 17.7. The van der Waals surface area contributed by atoms with Gasteiger partial charge in [0.15, 0.2) is 0 Å². The average Bonchev–Trinajstić information content (AvgIpc) is 2.53. The molecule has 120 valence electrons. The molecule has 2 aromatic rings. The third kappa shape index (κ3) is 5.78. The maximum absolute atomic E-state index is 11.7. The van der Waals surface area contributed by atoms with E-state index in [0.717, 1.165) is 11.3 Å². The summed E-state index contributed by atoms with van der Waals surface area (Å²) in [4.78, 5) is 11.7. The number of hydrogen-bond donors (Lipinski definition) is 2. The van der Waals surface area contributed by atoms with E-state index in [0.29, 0.717) is 10.6 Å². The fourth-order valence-electron chi connectivity index (χ4n) is 1.73. The van der Waals surface area contributed by atoms with Crippen LogP contribution >= 0.6 is 35.0 Å². The first-order valence-electron chi connectivity index (χ1n) is 6.68. The molecule has 7 heteroatoms. The number of hydrazone groups is 1. The van der Waals surface area contributed by atoms with Crippen LogP contribution in [0.15, 0.2) is 47.6 Å². The molecule has 0 heterocycles. The quantitative estimate of drug-likeness (QED) is 0.596. The van der Waals surface area contributed by atoms with Crippen molar-refractivity contribution in [1.29, 1.82) is 0 Å². The van der Waals surface area contributed by atoms with Crippen LogP contribution in [0.4, 0.5) is 0 Å². The molecule has 0 radical (unpaired) electrons. The van der Waals surface area contributed by atoms with Gasteiger partial charge in [-0.05, 0) is 17.7 Å². The number of nitrogens with zero attached hydrogens (tertiary/aromatic N) is 1. The molecule has 0 aliphatic rings. The molecule has 0 saturated heterocycles. The molecule has 0 aliphatic heterocycles. The molecule has 4 nitrogen and oxygen atoms in total. The van der Waals surface area contributed by atoms with Crippen molar-refractivity contribution in [3.63, 3.8) is 0 Å². The van der Waals surface area contributed by atoms with Gasteiger partial charge in [0.2, 0.25) is 5.91 Å². The standard InChI is InChI=1S/C16H14Cl2N2O2S/c17-13-6-12(16(22)14(18)7-13)8-19-20-15(21)10-23-9-11-4-2-1-3-5-11/h1-8,22H,9-10H2,(H,20,21)/b19-8-. The monoisotopic (exact) mass is 368 g/mol. The lowest BCUT2D eigenvalue weighted by molar-refractivity contribution is -0.118. The van der Waals surface area contributed by atoms with Gasteiger partial charge in [0.1, 0.15) is 5.75 Å². The molecule has 2 rings (SSSR count). The van der Waals surface area contributed by atoms with E-state index < -0.39 is 0 Å². The number of nitrogens with one attached hydrogen (secondary N) is 1. The first-order valence-corrected chi connectivity index (χ1v) is 8.59. The molecule has 0 bridgehead atoms. The van der Waals surface area contributed by atoms with Crippen molar-refractivity contribution in [3.05, 3.63) is 63.6 Å². The Morgan fingerprint density at radius 2 is 2.00 bits per heavy atom. The molecule has 0 atom stereocenters. The van der Waals surface area contributed by atoms with Crippen LogP contribution in [0.3, 0.4) is 0 Å². The van der Waals surface area contributed by atoms with Crippen molar-refractivity contribution in [2.45, 2.75) is 5.75 Å². The second-order valence-corrected chi connectivity index (χ2v) is 6.43. The van der Waals surface area contributed by atoms with Crippen LogP contribution in [0.25, 0.3) is 0 Å². The number of carbonyl (C=O) groups excluding carboxylic acids is 1. The number of aromatic hydroxyl groups is 1. The van der Waals surface area contributed by atoms with E-state index in [4.69, 9.17) is 23.2 Å². The van der Waals surface area contributed by atoms with E-state index in [1.54, 1.807) is 0 Å². The van der Waals surface area contributed by atoms with Gasteiger partial charge < -0.3 is 5.11 Å². The maximum atomic E-state index is 11.7. The van der Waals surface area contributed by atoms with E-state index in [1.165, 1.54) is 30.1 Å². The largest absolute Gasteiger partial charge is 0.506 e. The molecule has 1 amide bonds. The number of amides is 1. The van der Waals surface area contributed by atoms with E-state index in [2.05, 4.69) is 10.5 Å². The van der Waals surface area contributed by atoms with Gasteiger partial charge in [0.05, 0.1) is 17.0 Å². The van der Waals surface area contributed by atoms with Crippen molar-refractivity contribution < 1.29 is 9.90 Å². The van der Waals surface area contributed by atoms with E-state index in [9.17, 15) is 9.90 Å². The lowest BCUT2D eigenvalue weighted by Crippen LogP contribution is -2.19. The van der Waals surface area contributed by atoms with Gasteiger partial charge in [-0.1, -0.05) is 53.5 Å². The number of hydrogen-bond acceptors (Lipinski definition) is 4. The van der Waals surface area contributed by atoms with Crippen molar-refractivity contribution in [1.82, 2.24) is 5.43 Å². The zero-order valence-corrected chi connectivity index (χ0v) is 14.3. The minimum absolute atomic E-state index is 0.128. The number of halogens is 2. The second kappa shape index (κ2) is 8.82. The number of benzene rings is 2. The Labute approximate surface area is 148 Å². The average molecular weight is 369 g/mol. The highest BCUT2D eigenvalue weighted by Crippen LogP contribution is 2.29. The molecular weight excluding hydrogens is 355 g/mol. The van der Waals surface area contributed by atoms with Gasteiger partial charge in [0.25, 0.3) is 0 Å². The van der Waals surface area contributed by atoms with Crippen molar-refractivity contribution in [3.8, 4) is 5.75 Å². The fraction of sp³-hybridized carbons (Fsp3) is 0.125. The van der Waals surface area contributed by atoms with Crippen LogP contribution in [0.1, 0.15) is 11.1 Å². The normalized spacial score (nSPS) is 10.9. The zero-order valence-electron chi connectivity index (χ0n) is 12.0. The Bertz CT molecular complexity index is 709. The lowest BCUT2D eigenvalue weighted by atomic mass is 10.2. The SMILES string of the molecule is O=C(CSCc1ccccc1)N/N=C\c1cc(Cl)cc(Cl)c1O. The van der Waals surface area contributed by atoms with Gasteiger partial charge in [-0.2, -0.15) is 5.10 Å². The number of thioether (sulfide) groups is 1. The lowest BCUT2D eigenvalue weighted by Gasteiger charge is -2.03. The number of carbonyl (C=O) groups is 1. The van der Waals surface area contributed by atoms with E-state index >= 15 is 0 Å². The summed E-state index contributed by atoms with van der Waals surface area (Å²) in [5, 5.41) is 14.1. The summed E-state index contributed by atoms with van der Waals surface area (Å²) in [5.41, 5.74) is 3.89. The first-order chi connectivity index (χ1) is 11.1. The molecule has 23 heavy (non-hydrogen) atoms. The maximum Gasteiger partial charge on any atom is 0.250 e. The summed E-state index contributed by atoms with van der Waals surface area (Å²) in [5.74, 6) is 0.680. The molecular formula is C16H14Cl2N2O2S. The smallest absolute Gasteiger partial charge is 0.250 e. The highest BCUT2D eigenvalue weighted by atomic mass is 35.5. The minimum atomic E-state index is -0.227. The summed E-state index contributed by atoms with van der Waals surface area (Å²) in [6, 6.07) is 12.8. The van der Waals surface area contributed by atoms with Gasteiger partial charge >= 0.3 is 0 Å². The highest BCUT2D eigenvalue weighted by Gasteiger charge is 2.06. The summed E-state index contributed by atoms with van der Waals surface area (Å²) in [6.45, 7) is 0. The van der Waals surface area contributed by atoms with Crippen molar-refractivity contribution in [2.24, 2.45) is 5.10 Å². The molecule has 0 aromatic heterocycles. The van der Waals surface area contributed by atoms with Gasteiger partial charge in [-0.25, -0.2) is 5.43 Å². The Balaban J connectivity index is 1.80. The summed E-state index contributed by atoms with van der Waals surface area (Å²) < 4.78 is 0. The third-order valence-corrected chi connectivity index (χ3v) is 4.31. The zero-order chi connectivity index (χ0) is 16.7. The Morgan fingerprint density at radius 1 is 1.26 bits per heavy atom. The van der Waals surface area contributed by atoms with Crippen molar-refractivity contribution >= 4 is 47.1 Å². The summed E-state index contributed by atoms with van der Waals surface area (Å²) in [7, 11) is 0. The molecule has 0 unspecified atom stereocenters. The molecule has 0 aliphatic carbocycles. The molecule has 2 aromatic carbocycles. The molecule has 0 fully saturated rings. The second-order valence-electron chi connectivity index (χ2n) is 4.60. The minimum Gasteiger partial charge on any atom is -0.506 e. The summed E-state index contributed by atoms with van der Waals surface area (Å²) >= 11 is 13.1. The topological polar surface area (TPSA) is 61.7 Å². The van der Waals surface area contributed by atoms with Gasteiger partial charge in [-0.3, -0.25) is 4.79 Å². The van der Waals surface area contributed by atoms with Gasteiger partial charge in [-0.15, -0.1) is 11.8 Å². The Kier molecular flexibility index (Phi) is 6.77. The number of rotatable bonds is 6. The fourth-order valence-corrected chi connectivity index (χ4v) is 3.02. The predicted molar refractivity (Wildman–Crippen MR) is 96.5 cm³/mol. The molecule has 2 N–H and O–H groups in total. The third-order valence-electron chi connectivity index (χ3n) is 2.80. The number of phenols is 1. The Hall–Kier alpha value is -1.69. The molecule has 0 spiro atoms. The predicted octanol–water partition coefficient (Wildman–Crippen LogP) is 4.08. The van der Waals surface area contributed by atoms with E-state index in [-0.39, 0.29) is 22.4 Å². The van der Waals surface area contributed by atoms with Crippen LogP contribution in [-0.2, 0) is 10.5 Å². The van der Waals surface area contributed by atoms with Gasteiger partial charge in [0, 0.05) is 16.3 Å². The molecule has 0 saturated carbocycles.